The molecule has 1 aliphatic rings. The lowest BCUT2D eigenvalue weighted by Gasteiger charge is -2.32. The van der Waals surface area contributed by atoms with E-state index in [1.54, 1.807) is 13.8 Å². The summed E-state index contributed by atoms with van der Waals surface area (Å²) in [6.45, 7) is 9.08. The summed E-state index contributed by atoms with van der Waals surface area (Å²) >= 11 is 6.34. The Morgan fingerprint density at radius 3 is 2.16 bits per heavy atom. The molecular formula is C20H25ClO4. The summed E-state index contributed by atoms with van der Waals surface area (Å²) in [5.41, 5.74) is 1.79. The van der Waals surface area contributed by atoms with Crippen LogP contribution in [0.5, 0.6) is 0 Å². The minimum Gasteiger partial charge on any atom is -0.419 e. The highest BCUT2D eigenvalue weighted by molar-refractivity contribution is 6.31. The fraction of sp³-hybridized carbons (Fsp3) is 0.500. The summed E-state index contributed by atoms with van der Waals surface area (Å²) in [6.07, 6.45) is 1.39. The molecule has 0 unspecified atom stereocenters. The molecule has 1 aromatic carbocycles. The standard InChI is InChI=1S/C20H25ClO4/c1-6-13(14-9-7-8-10-16(14)21)11-15(12(2)3)17-18(22)24-20(4,5)25-19(17)23/h7-10,12-13H,6,11H2,1-5H3/t13-/m1/s1. The van der Waals surface area contributed by atoms with E-state index >= 15 is 0 Å². The molecule has 0 N–H and O–H groups in total. The van der Waals surface area contributed by atoms with Gasteiger partial charge in [-0.05, 0) is 41.9 Å². The molecule has 0 aromatic heterocycles. The molecule has 0 amide bonds. The molecule has 1 fully saturated rings. The molecule has 1 aliphatic heterocycles. The quantitative estimate of drug-likeness (QED) is 0.418. The number of hydrogen-bond donors (Lipinski definition) is 0. The van der Waals surface area contributed by atoms with Gasteiger partial charge in [0.1, 0.15) is 5.57 Å². The van der Waals surface area contributed by atoms with Gasteiger partial charge in [0.05, 0.1) is 0 Å². The van der Waals surface area contributed by atoms with Gasteiger partial charge in [0.2, 0.25) is 0 Å². The predicted molar refractivity (Wildman–Crippen MR) is 97.2 cm³/mol. The Bertz CT molecular complexity index is 681. The minimum absolute atomic E-state index is 0.00727. The van der Waals surface area contributed by atoms with Crippen LogP contribution in [0.25, 0.3) is 0 Å². The summed E-state index contributed by atoms with van der Waals surface area (Å²) in [6, 6.07) is 7.67. The van der Waals surface area contributed by atoms with Gasteiger partial charge in [-0.1, -0.05) is 50.6 Å². The van der Waals surface area contributed by atoms with Crippen molar-refractivity contribution in [3.63, 3.8) is 0 Å². The van der Waals surface area contributed by atoms with E-state index < -0.39 is 17.7 Å². The Kier molecular flexibility index (Phi) is 5.94. The van der Waals surface area contributed by atoms with Crippen LogP contribution in [-0.4, -0.2) is 17.7 Å². The first-order valence-electron chi connectivity index (χ1n) is 8.60. The molecule has 1 aromatic rings. The second-order valence-corrected chi connectivity index (χ2v) is 7.47. The lowest BCUT2D eigenvalue weighted by atomic mass is 9.83. The number of ether oxygens (including phenoxy) is 2. The molecule has 0 bridgehead atoms. The Hall–Kier alpha value is -1.81. The maximum Gasteiger partial charge on any atom is 0.348 e. The highest BCUT2D eigenvalue weighted by atomic mass is 35.5. The van der Waals surface area contributed by atoms with Crippen LogP contribution in [0.3, 0.4) is 0 Å². The van der Waals surface area contributed by atoms with Crippen molar-refractivity contribution in [2.24, 2.45) is 5.92 Å². The van der Waals surface area contributed by atoms with Gasteiger partial charge in [0.25, 0.3) is 5.79 Å². The average Bonchev–Trinajstić information content (AvgIpc) is 2.49. The first-order valence-corrected chi connectivity index (χ1v) is 8.98. The first-order chi connectivity index (χ1) is 11.7. The Labute approximate surface area is 154 Å². The van der Waals surface area contributed by atoms with E-state index in [0.29, 0.717) is 11.4 Å². The normalized spacial score (nSPS) is 18.0. The number of halogens is 1. The molecule has 0 saturated carbocycles. The summed E-state index contributed by atoms with van der Waals surface area (Å²) in [7, 11) is 0. The van der Waals surface area contributed by atoms with E-state index in [4.69, 9.17) is 21.1 Å². The topological polar surface area (TPSA) is 52.6 Å². The second-order valence-electron chi connectivity index (χ2n) is 7.06. The number of esters is 2. The molecule has 0 radical (unpaired) electrons. The molecule has 2 rings (SSSR count). The third kappa shape index (κ3) is 4.43. The van der Waals surface area contributed by atoms with Crippen molar-refractivity contribution >= 4 is 23.5 Å². The van der Waals surface area contributed by atoms with E-state index in [1.165, 1.54) is 0 Å². The lowest BCUT2D eigenvalue weighted by molar-refractivity contribution is -0.222. The predicted octanol–water partition coefficient (Wildman–Crippen LogP) is 5.01. The fourth-order valence-electron chi connectivity index (χ4n) is 3.09. The third-order valence-electron chi connectivity index (χ3n) is 4.41. The van der Waals surface area contributed by atoms with Gasteiger partial charge in [0, 0.05) is 18.9 Å². The Balaban J connectivity index is 2.42. The third-order valence-corrected chi connectivity index (χ3v) is 4.75. The van der Waals surface area contributed by atoms with Crippen LogP contribution in [0.1, 0.15) is 58.9 Å². The van der Waals surface area contributed by atoms with Gasteiger partial charge in [-0.3, -0.25) is 0 Å². The molecule has 1 heterocycles. The molecule has 0 aliphatic carbocycles. The summed E-state index contributed by atoms with van der Waals surface area (Å²) in [5, 5.41) is 0.692. The van der Waals surface area contributed by atoms with Crippen LogP contribution in [-0.2, 0) is 19.1 Å². The number of rotatable bonds is 5. The summed E-state index contributed by atoms with van der Waals surface area (Å²) in [4.78, 5) is 24.9. The SMILES string of the molecule is CC[C@H](CC(=C1C(=O)OC(C)(C)OC1=O)C(C)C)c1ccccc1Cl. The average molecular weight is 365 g/mol. The zero-order valence-corrected chi connectivity index (χ0v) is 16.1. The van der Waals surface area contributed by atoms with E-state index in [2.05, 4.69) is 6.92 Å². The second kappa shape index (κ2) is 7.61. The monoisotopic (exact) mass is 364 g/mol. The lowest BCUT2D eigenvalue weighted by Crippen LogP contribution is -2.42. The van der Waals surface area contributed by atoms with E-state index in [9.17, 15) is 9.59 Å². The number of allylic oxidation sites excluding steroid dienone is 1. The van der Waals surface area contributed by atoms with E-state index in [0.717, 1.165) is 17.6 Å². The van der Waals surface area contributed by atoms with Crippen LogP contribution in [0.2, 0.25) is 5.02 Å². The van der Waals surface area contributed by atoms with Crippen molar-refractivity contribution in [2.75, 3.05) is 0 Å². The smallest absolute Gasteiger partial charge is 0.348 e. The summed E-state index contributed by atoms with van der Waals surface area (Å²) in [5.74, 6) is -2.34. The maximum absolute atomic E-state index is 12.4. The zero-order chi connectivity index (χ0) is 18.8. The number of carbonyl (C=O) groups excluding carboxylic acids is 2. The van der Waals surface area contributed by atoms with Gasteiger partial charge in [-0.15, -0.1) is 0 Å². The van der Waals surface area contributed by atoms with Crippen LogP contribution >= 0.6 is 11.6 Å². The van der Waals surface area contributed by atoms with Gasteiger partial charge >= 0.3 is 11.9 Å². The number of hydrogen-bond acceptors (Lipinski definition) is 4. The van der Waals surface area contributed by atoms with Crippen molar-refractivity contribution < 1.29 is 19.1 Å². The maximum atomic E-state index is 12.4. The number of cyclic esters (lactones) is 2. The largest absolute Gasteiger partial charge is 0.419 e. The van der Waals surface area contributed by atoms with Crippen LogP contribution in [0.15, 0.2) is 35.4 Å². The molecule has 25 heavy (non-hydrogen) atoms. The molecular weight excluding hydrogens is 340 g/mol. The van der Waals surface area contributed by atoms with E-state index in [-0.39, 0.29) is 17.4 Å². The number of carbonyl (C=O) groups is 2. The van der Waals surface area contributed by atoms with Crippen molar-refractivity contribution in [1.29, 1.82) is 0 Å². The van der Waals surface area contributed by atoms with Gasteiger partial charge in [-0.25, -0.2) is 9.59 Å². The van der Waals surface area contributed by atoms with Crippen molar-refractivity contribution in [3.8, 4) is 0 Å². The Morgan fingerprint density at radius 2 is 1.68 bits per heavy atom. The minimum atomic E-state index is -1.23. The first kappa shape index (κ1) is 19.5. The van der Waals surface area contributed by atoms with Crippen LogP contribution in [0, 0.1) is 5.92 Å². The molecule has 136 valence electrons. The van der Waals surface area contributed by atoms with Crippen molar-refractivity contribution in [1.82, 2.24) is 0 Å². The highest BCUT2D eigenvalue weighted by Gasteiger charge is 2.41. The fourth-order valence-corrected chi connectivity index (χ4v) is 3.38. The number of benzene rings is 1. The zero-order valence-electron chi connectivity index (χ0n) is 15.4. The van der Waals surface area contributed by atoms with Crippen LogP contribution < -0.4 is 0 Å². The molecule has 1 saturated heterocycles. The Morgan fingerprint density at radius 1 is 1.12 bits per heavy atom. The molecule has 4 nitrogen and oxygen atoms in total. The van der Waals surface area contributed by atoms with Crippen molar-refractivity contribution in [3.05, 3.63) is 46.0 Å². The van der Waals surface area contributed by atoms with Gasteiger partial charge < -0.3 is 9.47 Å². The molecule has 5 heteroatoms. The van der Waals surface area contributed by atoms with Gasteiger partial charge in [-0.2, -0.15) is 0 Å². The molecule has 0 spiro atoms. The van der Waals surface area contributed by atoms with Crippen molar-refractivity contribution in [2.45, 2.75) is 59.2 Å². The van der Waals surface area contributed by atoms with Gasteiger partial charge in [0.15, 0.2) is 0 Å². The van der Waals surface area contributed by atoms with Crippen LogP contribution in [0.4, 0.5) is 0 Å². The van der Waals surface area contributed by atoms with E-state index in [1.807, 2.05) is 38.1 Å². The summed E-state index contributed by atoms with van der Waals surface area (Å²) < 4.78 is 10.5. The highest BCUT2D eigenvalue weighted by Crippen LogP contribution is 2.37. The molecule has 1 atom stereocenters.